The van der Waals surface area contributed by atoms with Crippen LogP contribution in [0.1, 0.15) is 29.9 Å². The normalized spacial score (nSPS) is 18.4. The minimum atomic E-state index is 0.0573. The Morgan fingerprint density at radius 2 is 2.08 bits per heavy atom. The molecule has 134 valence electrons. The molecule has 1 aliphatic rings. The van der Waals surface area contributed by atoms with Gasteiger partial charge in [-0.05, 0) is 26.0 Å². The molecule has 0 aliphatic carbocycles. The predicted octanol–water partition coefficient (Wildman–Crippen LogP) is 2.17. The summed E-state index contributed by atoms with van der Waals surface area (Å²) in [7, 11) is 1.80. The number of carbonyl (C=O) groups excluding carboxylic acids is 1. The fourth-order valence-electron chi connectivity index (χ4n) is 3.38. The zero-order chi connectivity index (χ0) is 17.8. The summed E-state index contributed by atoms with van der Waals surface area (Å²) < 4.78 is 7.36. The van der Waals surface area contributed by atoms with Gasteiger partial charge in [0.05, 0.1) is 6.61 Å². The molecule has 1 aromatic carbocycles. The summed E-state index contributed by atoms with van der Waals surface area (Å²) in [4.78, 5) is 17.1. The number of ether oxygens (including phenoxy) is 1. The van der Waals surface area contributed by atoms with Crippen molar-refractivity contribution in [3.05, 3.63) is 47.8 Å². The Bertz CT molecular complexity index is 728. The fourth-order valence-corrected chi connectivity index (χ4v) is 3.38. The van der Waals surface area contributed by atoms with E-state index in [9.17, 15) is 4.79 Å². The number of amides is 1. The van der Waals surface area contributed by atoms with Gasteiger partial charge in [-0.2, -0.15) is 5.10 Å². The molecule has 2 aromatic rings. The van der Waals surface area contributed by atoms with Gasteiger partial charge in [-0.1, -0.05) is 18.2 Å². The van der Waals surface area contributed by atoms with Crippen LogP contribution >= 0.6 is 0 Å². The molecule has 1 amide bonds. The molecule has 0 radical (unpaired) electrons. The molecule has 1 atom stereocenters. The zero-order valence-electron chi connectivity index (χ0n) is 15.2. The van der Waals surface area contributed by atoms with Gasteiger partial charge in [0.1, 0.15) is 11.4 Å². The van der Waals surface area contributed by atoms with Crippen LogP contribution in [0.25, 0.3) is 0 Å². The highest BCUT2D eigenvalue weighted by atomic mass is 16.5. The SMILES string of the molecule is CCOc1ccccc1CN1CCN(C(=O)c2ccnn2C)[C@@H](C)C1. The lowest BCUT2D eigenvalue weighted by Gasteiger charge is -2.40. The summed E-state index contributed by atoms with van der Waals surface area (Å²) in [6.07, 6.45) is 1.67. The van der Waals surface area contributed by atoms with Crippen molar-refractivity contribution < 1.29 is 9.53 Å². The molecule has 1 aliphatic heterocycles. The van der Waals surface area contributed by atoms with Crippen molar-refractivity contribution in [3.8, 4) is 5.75 Å². The third-order valence-corrected chi connectivity index (χ3v) is 4.68. The van der Waals surface area contributed by atoms with Crippen LogP contribution in [-0.4, -0.2) is 57.8 Å². The summed E-state index contributed by atoms with van der Waals surface area (Å²) in [6.45, 7) is 8.05. The minimum absolute atomic E-state index is 0.0573. The number of hydrogen-bond donors (Lipinski definition) is 0. The maximum absolute atomic E-state index is 12.7. The predicted molar refractivity (Wildman–Crippen MR) is 96.6 cm³/mol. The van der Waals surface area contributed by atoms with Gasteiger partial charge in [0.15, 0.2) is 0 Å². The van der Waals surface area contributed by atoms with Crippen LogP contribution in [0.4, 0.5) is 0 Å². The standard InChI is InChI=1S/C19H26N4O2/c1-4-25-18-8-6-5-7-16(18)14-22-11-12-23(15(2)13-22)19(24)17-9-10-20-21(17)3/h5-10,15H,4,11-14H2,1-3H3/t15-/m0/s1. The third-order valence-electron chi connectivity index (χ3n) is 4.68. The van der Waals surface area contributed by atoms with Gasteiger partial charge < -0.3 is 9.64 Å². The molecule has 6 nitrogen and oxygen atoms in total. The van der Waals surface area contributed by atoms with E-state index in [1.165, 1.54) is 5.56 Å². The van der Waals surface area contributed by atoms with E-state index < -0.39 is 0 Å². The molecule has 6 heteroatoms. The van der Waals surface area contributed by atoms with Crippen molar-refractivity contribution in [2.75, 3.05) is 26.2 Å². The maximum atomic E-state index is 12.7. The van der Waals surface area contributed by atoms with Gasteiger partial charge >= 0.3 is 0 Å². The van der Waals surface area contributed by atoms with E-state index in [0.717, 1.165) is 31.9 Å². The molecule has 2 heterocycles. The average molecular weight is 342 g/mol. The zero-order valence-corrected chi connectivity index (χ0v) is 15.2. The second kappa shape index (κ2) is 7.70. The molecule has 3 rings (SSSR count). The number of benzene rings is 1. The molecular weight excluding hydrogens is 316 g/mol. The first-order chi connectivity index (χ1) is 12.1. The van der Waals surface area contributed by atoms with Gasteiger partial charge in [0.25, 0.3) is 5.91 Å². The summed E-state index contributed by atoms with van der Waals surface area (Å²) in [6, 6.07) is 10.1. The summed E-state index contributed by atoms with van der Waals surface area (Å²) in [5.74, 6) is 1.01. The topological polar surface area (TPSA) is 50.6 Å². The summed E-state index contributed by atoms with van der Waals surface area (Å²) in [5.41, 5.74) is 1.84. The van der Waals surface area contributed by atoms with Gasteiger partial charge in [-0.25, -0.2) is 0 Å². The summed E-state index contributed by atoms with van der Waals surface area (Å²) >= 11 is 0. The van der Waals surface area contributed by atoms with Crippen molar-refractivity contribution in [1.29, 1.82) is 0 Å². The van der Waals surface area contributed by atoms with E-state index in [4.69, 9.17) is 4.74 Å². The number of rotatable bonds is 5. The Labute approximate surface area is 149 Å². The van der Waals surface area contributed by atoms with Gasteiger partial charge in [0.2, 0.25) is 0 Å². The van der Waals surface area contributed by atoms with Crippen molar-refractivity contribution in [2.45, 2.75) is 26.4 Å². The first-order valence-corrected chi connectivity index (χ1v) is 8.82. The van der Waals surface area contributed by atoms with E-state index in [1.54, 1.807) is 24.0 Å². The number of hydrogen-bond acceptors (Lipinski definition) is 4. The van der Waals surface area contributed by atoms with Crippen molar-refractivity contribution in [2.24, 2.45) is 7.05 Å². The van der Waals surface area contributed by atoms with Gasteiger partial charge in [0, 0.05) is 51.0 Å². The second-order valence-corrected chi connectivity index (χ2v) is 6.46. The van der Waals surface area contributed by atoms with E-state index in [0.29, 0.717) is 12.3 Å². The van der Waals surface area contributed by atoms with Crippen molar-refractivity contribution >= 4 is 5.91 Å². The smallest absolute Gasteiger partial charge is 0.272 e. The van der Waals surface area contributed by atoms with Gasteiger partial charge in [-0.3, -0.25) is 14.4 Å². The molecule has 1 saturated heterocycles. The van der Waals surface area contributed by atoms with Crippen LogP contribution in [0, 0.1) is 0 Å². The highest BCUT2D eigenvalue weighted by Crippen LogP contribution is 2.22. The van der Waals surface area contributed by atoms with E-state index in [2.05, 4.69) is 23.0 Å². The number of carbonyl (C=O) groups is 1. The molecule has 0 spiro atoms. The Balaban J connectivity index is 1.64. The van der Waals surface area contributed by atoms with Crippen molar-refractivity contribution in [1.82, 2.24) is 19.6 Å². The fraction of sp³-hybridized carbons (Fsp3) is 0.474. The lowest BCUT2D eigenvalue weighted by Crippen LogP contribution is -2.53. The average Bonchev–Trinajstić information content (AvgIpc) is 3.02. The van der Waals surface area contributed by atoms with Crippen LogP contribution < -0.4 is 4.74 Å². The first kappa shape index (κ1) is 17.5. The number of para-hydroxylation sites is 1. The molecule has 0 N–H and O–H groups in total. The highest BCUT2D eigenvalue weighted by Gasteiger charge is 2.29. The lowest BCUT2D eigenvalue weighted by atomic mass is 10.1. The van der Waals surface area contributed by atoms with Crippen LogP contribution in [0.2, 0.25) is 0 Å². The van der Waals surface area contributed by atoms with Crippen LogP contribution in [-0.2, 0) is 13.6 Å². The Morgan fingerprint density at radius 3 is 2.76 bits per heavy atom. The number of aromatic nitrogens is 2. The molecule has 1 fully saturated rings. The van der Waals surface area contributed by atoms with Crippen LogP contribution in [0.5, 0.6) is 5.75 Å². The summed E-state index contributed by atoms with van der Waals surface area (Å²) in [5, 5.41) is 4.10. The molecular formula is C19H26N4O2. The van der Waals surface area contributed by atoms with Crippen LogP contribution in [0.15, 0.2) is 36.5 Å². The maximum Gasteiger partial charge on any atom is 0.272 e. The molecule has 25 heavy (non-hydrogen) atoms. The monoisotopic (exact) mass is 342 g/mol. The third kappa shape index (κ3) is 3.85. The van der Waals surface area contributed by atoms with E-state index in [-0.39, 0.29) is 11.9 Å². The van der Waals surface area contributed by atoms with Gasteiger partial charge in [-0.15, -0.1) is 0 Å². The van der Waals surface area contributed by atoms with Crippen molar-refractivity contribution in [3.63, 3.8) is 0 Å². The first-order valence-electron chi connectivity index (χ1n) is 8.82. The molecule has 0 saturated carbocycles. The van der Waals surface area contributed by atoms with E-state index >= 15 is 0 Å². The second-order valence-electron chi connectivity index (χ2n) is 6.46. The molecule has 0 bridgehead atoms. The quantitative estimate of drug-likeness (QED) is 0.836. The number of nitrogens with zero attached hydrogens (tertiary/aromatic N) is 4. The lowest BCUT2D eigenvalue weighted by molar-refractivity contribution is 0.0463. The minimum Gasteiger partial charge on any atom is -0.494 e. The Hall–Kier alpha value is -2.34. The number of piperazine rings is 1. The number of aryl methyl sites for hydroxylation is 1. The largest absolute Gasteiger partial charge is 0.494 e. The molecule has 1 aromatic heterocycles. The van der Waals surface area contributed by atoms with E-state index in [1.807, 2.05) is 30.0 Å². The Morgan fingerprint density at radius 1 is 1.28 bits per heavy atom. The Kier molecular flexibility index (Phi) is 5.38. The molecule has 0 unspecified atom stereocenters. The van der Waals surface area contributed by atoms with Crippen LogP contribution in [0.3, 0.4) is 0 Å². The highest BCUT2D eigenvalue weighted by molar-refractivity contribution is 5.92.